The molecule has 1 saturated heterocycles. The van der Waals surface area contributed by atoms with Crippen LogP contribution >= 0.6 is 11.8 Å². The summed E-state index contributed by atoms with van der Waals surface area (Å²) in [6.45, 7) is 4.90. The van der Waals surface area contributed by atoms with Gasteiger partial charge < -0.3 is 10.2 Å². The van der Waals surface area contributed by atoms with Crippen LogP contribution in [0.5, 0.6) is 0 Å². The molecular weight excluding hydrogens is 256 g/mol. The lowest BCUT2D eigenvalue weighted by molar-refractivity contribution is 0.0714. The third-order valence-electron chi connectivity index (χ3n) is 4.00. The van der Waals surface area contributed by atoms with E-state index in [1.807, 2.05) is 28.8 Å². The Balaban J connectivity index is 1.91. The molecule has 19 heavy (non-hydrogen) atoms. The zero-order valence-corrected chi connectivity index (χ0v) is 12.1. The summed E-state index contributed by atoms with van der Waals surface area (Å²) in [6.07, 6.45) is 0.966. The minimum absolute atomic E-state index is 0.228. The van der Waals surface area contributed by atoms with Gasteiger partial charge in [0.1, 0.15) is 0 Å². The van der Waals surface area contributed by atoms with Crippen molar-refractivity contribution < 1.29 is 4.79 Å². The van der Waals surface area contributed by atoms with Crippen molar-refractivity contribution in [2.75, 3.05) is 24.6 Å². The number of benzene rings is 1. The second kappa shape index (κ2) is 5.55. The first-order chi connectivity index (χ1) is 9.27. The molecular formula is C15H20N2OS. The molecule has 0 aromatic heterocycles. The van der Waals surface area contributed by atoms with E-state index >= 15 is 0 Å². The van der Waals surface area contributed by atoms with Gasteiger partial charge in [-0.15, -0.1) is 0 Å². The van der Waals surface area contributed by atoms with Crippen LogP contribution in [0.2, 0.25) is 0 Å². The maximum atomic E-state index is 12.8. The number of carbonyl (C=O) groups is 1. The van der Waals surface area contributed by atoms with Crippen LogP contribution in [0.4, 0.5) is 0 Å². The Morgan fingerprint density at radius 1 is 1.47 bits per heavy atom. The van der Waals surface area contributed by atoms with Crippen molar-refractivity contribution in [3.63, 3.8) is 0 Å². The SMILES string of the molecule is CC1CSCCN1C(=O)c1cccc2c1CCNC2. The number of rotatable bonds is 1. The standard InChI is InChI=1S/C15H20N2OS/c1-11-10-19-8-7-17(11)15(18)14-4-2-3-12-9-16-6-5-13(12)14/h2-4,11,16H,5-10H2,1H3. The first-order valence-electron chi connectivity index (χ1n) is 6.97. The highest BCUT2D eigenvalue weighted by atomic mass is 32.2. The van der Waals surface area contributed by atoms with Crippen LogP contribution in [0.15, 0.2) is 18.2 Å². The van der Waals surface area contributed by atoms with Crippen LogP contribution in [-0.2, 0) is 13.0 Å². The minimum atomic E-state index is 0.228. The van der Waals surface area contributed by atoms with E-state index in [1.54, 1.807) is 0 Å². The number of thioether (sulfide) groups is 1. The molecule has 1 unspecified atom stereocenters. The van der Waals surface area contributed by atoms with E-state index in [0.29, 0.717) is 6.04 Å². The van der Waals surface area contributed by atoms with Crippen molar-refractivity contribution in [2.45, 2.75) is 25.9 Å². The molecule has 1 N–H and O–H groups in total. The Labute approximate surface area is 118 Å². The third kappa shape index (κ3) is 2.51. The number of hydrogen-bond acceptors (Lipinski definition) is 3. The smallest absolute Gasteiger partial charge is 0.254 e. The van der Waals surface area contributed by atoms with Crippen LogP contribution in [0, 0.1) is 0 Å². The van der Waals surface area contributed by atoms with Crippen molar-refractivity contribution in [1.29, 1.82) is 0 Å². The molecule has 2 heterocycles. The van der Waals surface area contributed by atoms with Gasteiger partial charge in [0.05, 0.1) is 0 Å². The van der Waals surface area contributed by atoms with E-state index in [4.69, 9.17) is 0 Å². The van der Waals surface area contributed by atoms with Crippen LogP contribution in [0.1, 0.15) is 28.4 Å². The molecule has 4 heteroatoms. The van der Waals surface area contributed by atoms with Gasteiger partial charge in [-0.25, -0.2) is 0 Å². The van der Waals surface area contributed by atoms with Gasteiger partial charge in [0.15, 0.2) is 0 Å². The number of fused-ring (bicyclic) bond motifs is 1. The molecule has 2 aliphatic rings. The Bertz CT molecular complexity index is 489. The molecule has 0 bridgehead atoms. The van der Waals surface area contributed by atoms with Gasteiger partial charge in [-0.3, -0.25) is 4.79 Å². The fourth-order valence-electron chi connectivity index (χ4n) is 2.92. The summed E-state index contributed by atoms with van der Waals surface area (Å²) in [5, 5.41) is 3.37. The topological polar surface area (TPSA) is 32.3 Å². The van der Waals surface area contributed by atoms with Crippen LogP contribution < -0.4 is 5.32 Å². The summed E-state index contributed by atoms with van der Waals surface area (Å²) < 4.78 is 0. The largest absolute Gasteiger partial charge is 0.334 e. The lowest BCUT2D eigenvalue weighted by atomic mass is 9.94. The van der Waals surface area contributed by atoms with Crippen LogP contribution in [0.3, 0.4) is 0 Å². The average Bonchev–Trinajstić information content (AvgIpc) is 2.46. The van der Waals surface area contributed by atoms with Crippen molar-refractivity contribution >= 4 is 17.7 Å². The summed E-state index contributed by atoms with van der Waals surface area (Å²) in [6, 6.07) is 6.50. The number of carbonyl (C=O) groups excluding carboxylic acids is 1. The highest BCUT2D eigenvalue weighted by Gasteiger charge is 2.27. The molecule has 1 amide bonds. The zero-order chi connectivity index (χ0) is 13.2. The van der Waals surface area contributed by atoms with Gasteiger partial charge >= 0.3 is 0 Å². The lowest BCUT2D eigenvalue weighted by Gasteiger charge is -2.34. The van der Waals surface area contributed by atoms with Gasteiger partial charge in [-0.05, 0) is 37.1 Å². The molecule has 102 valence electrons. The molecule has 2 aliphatic heterocycles. The summed E-state index contributed by atoms with van der Waals surface area (Å²) in [4.78, 5) is 14.8. The summed E-state index contributed by atoms with van der Waals surface area (Å²) in [7, 11) is 0. The van der Waals surface area contributed by atoms with E-state index in [-0.39, 0.29) is 5.91 Å². The van der Waals surface area contributed by atoms with Gasteiger partial charge in [0, 0.05) is 36.2 Å². The molecule has 1 aromatic carbocycles. The zero-order valence-electron chi connectivity index (χ0n) is 11.3. The Kier molecular flexibility index (Phi) is 3.80. The second-order valence-electron chi connectivity index (χ2n) is 5.29. The van der Waals surface area contributed by atoms with Gasteiger partial charge in [0.25, 0.3) is 5.91 Å². The molecule has 3 rings (SSSR count). The molecule has 1 aromatic rings. The van der Waals surface area contributed by atoms with E-state index in [1.165, 1.54) is 11.1 Å². The fraction of sp³-hybridized carbons (Fsp3) is 0.533. The molecule has 1 fully saturated rings. The number of nitrogens with zero attached hydrogens (tertiary/aromatic N) is 1. The maximum absolute atomic E-state index is 12.8. The summed E-state index contributed by atoms with van der Waals surface area (Å²) in [5.74, 6) is 2.35. The van der Waals surface area contributed by atoms with Gasteiger partial charge in [0.2, 0.25) is 0 Å². The number of amides is 1. The van der Waals surface area contributed by atoms with E-state index in [9.17, 15) is 4.79 Å². The summed E-state index contributed by atoms with van der Waals surface area (Å²) >= 11 is 1.94. The van der Waals surface area contributed by atoms with Crippen LogP contribution in [-0.4, -0.2) is 41.4 Å². The van der Waals surface area contributed by atoms with Crippen molar-refractivity contribution in [2.24, 2.45) is 0 Å². The molecule has 0 aliphatic carbocycles. The van der Waals surface area contributed by atoms with Crippen molar-refractivity contribution in [3.05, 3.63) is 34.9 Å². The molecule has 0 radical (unpaired) electrons. The Hall–Kier alpha value is -1.00. The Morgan fingerprint density at radius 3 is 3.21 bits per heavy atom. The van der Waals surface area contributed by atoms with Gasteiger partial charge in [-0.1, -0.05) is 12.1 Å². The molecule has 3 nitrogen and oxygen atoms in total. The first kappa shape index (κ1) is 13.0. The van der Waals surface area contributed by atoms with Crippen molar-refractivity contribution in [1.82, 2.24) is 10.2 Å². The number of hydrogen-bond donors (Lipinski definition) is 1. The second-order valence-corrected chi connectivity index (χ2v) is 6.44. The lowest BCUT2D eigenvalue weighted by Crippen LogP contribution is -2.45. The monoisotopic (exact) mass is 276 g/mol. The van der Waals surface area contributed by atoms with Crippen LogP contribution in [0.25, 0.3) is 0 Å². The fourth-order valence-corrected chi connectivity index (χ4v) is 3.93. The van der Waals surface area contributed by atoms with E-state index in [2.05, 4.69) is 18.3 Å². The average molecular weight is 276 g/mol. The van der Waals surface area contributed by atoms with Crippen molar-refractivity contribution in [3.8, 4) is 0 Å². The Morgan fingerprint density at radius 2 is 2.37 bits per heavy atom. The summed E-state index contributed by atoms with van der Waals surface area (Å²) in [5.41, 5.74) is 3.48. The third-order valence-corrected chi connectivity index (χ3v) is 5.19. The molecule has 1 atom stereocenters. The first-order valence-corrected chi connectivity index (χ1v) is 8.13. The highest BCUT2D eigenvalue weighted by Crippen LogP contribution is 2.23. The highest BCUT2D eigenvalue weighted by molar-refractivity contribution is 7.99. The predicted octanol–water partition coefficient (Wildman–Crippen LogP) is 1.91. The van der Waals surface area contributed by atoms with E-state index in [0.717, 1.165) is 43.1 Å². The normalized spacial score (nSPS) is 23.0. The quantitative estimate of drug-likeness (QED) is 0.850. The molecule has 0 spiro atoms. The minimum Gasteiger partial charge on any atom is -0.334 e. The van der Waals surface area contributed by atoms with Gasteiger partial charge in [-0.2, -0.15) is 11.8 Å². The maximum Gasteiger partial charge on any atom is 0.254 e. The van der Waals surface area contributed by atoms with E-state index < -0.39 is 0 Å². The predicted molar refractivity (Wildman–Crippen MR) is 79.7 cm³/mol. The molecule has 0 saturated carbocycles. The number of nitrogens with one attached hydrogen (secondary N) is 1.